The SMILES string of the molecule is Cc1ccc2c(ccn2Cc2nnc(C)o2)c1. The number of aromatic nitrogens is 3. The molecule has 0 saturated heterocycles. The molecular weight excluding hydrogens is 214 g/mol. The van der Waals surface area contributed by atoms with E-state index in [1.807, 2.05) is 6.20 Å². The van der Waals surface area contributed by atoms with Gasteiger partial charge in [-0.1, -0.05) is 11.6 Å². The summed E-state index contributed by atoms with van der Waals surface area (Å²) >= 11 is 0. The maximum atomic E-state index is 5.39. The predicted octanol–water partition coefficient (Wildman–Crippen LogP) is 2.69. The van der Waals surface area contributed by atoms with E-state index in [1.165, 1.54) is 16.5 Å². The monoisotopic (exact) mass is 227 g/mol. The topological polar surface area (TPSA) is 43.9 Å². The van der Waals surface area contributed by atoms with Crippen molar-refractivity contribution in [3.63, 3.8) is 0 Å². The van der Waals surface area contributed by atoms with Crippen molar-refractivity contribution in [3.8, 4) is 0 Å². The first-order valence-corrected chi connectivity index (χ1v) is 5.57. The molecule has 0 aliphatic heterocycles. The standard InChI is InChI=1S/C13H13N3O/c1-9-3-4-12-11(7-9)5-6-16(12)8-13-15-14-10(2)17-13/h3-7H,8H2,1-2H3. The average molecular weight is 227 g/mol. The molecule has 0 saturated carbocycles. The van der Waals surface area contributed by atoms with Crippen molar-refractivity contribution in [1.29, 1.82) is 0 Å². The lowest BCUT2D eigenvalue weighted by atomic mass is 10.2. The van der Waals surface area contributed by atoms with Crippen LogP contribution in [0.2, 0.25) is 0 Å². The van der Waals surface area contributed by atoms with Gasteiger partial charge in [-0.05, 0) is 30.5 Å². The van der Waals surface area contributed by atoms with E-state index in [2.05, 4.69) is 46.0 Å². The van der Waals surface area contributed by atoms with E-state index in [4.69, 9.17) is 4.42 Å². The Hall–Kier alpha value is -2.10. The van der Waals surface area contributed by atoms with Gasteiger partial charge in [0.05, 0.1) is 0 Å². The van der Waals surface area contributed by atoms with Crippen molar-refractivity contribution in [3.05, 3.63) is 47.8 Å². The zero-order valence-corrected chi connectivity index (χ0v) is 9.84. The van der Waals surface area contributed by atoms with E-state index in [1.54, 1.807) is 6.92 Å². The summed E-state index contributed by atoms with van der Waals surface area (Å²) in [6.07, 6.45) is 2.05. The first kappa shape index (κ1) is 10.1. The highest BCUT2D eigenvalue weighted by Crippen LogP contribution is 2.18. The van der Waals surface area contributed by atoms with Gasteiger partial charge in [0.15, 0.2) is 0 Å². The summed E-state index contributed by atoms with van der Waals surface area (Å²) in [6.45, 7) is 4.51. The third kappa shape index (κ3) is 1.82. The Bertz CT molecular complexity index is 666. The molecule has 3 aromatic rings. The molecule has 2 heterocycles. The van der Waals surface area contributed by atoms with E-state index < -0.39 is 0 Å². The van der Waals surface area contributed by atoms with Gasteiger partial charge in [0.25, 0.3) is 0 Å². The number of nitrogens with zero attached hydrogens (tertiary/aromatic N) is 3. The number of fused-ring (bicyclic) bond motifs is 1. The lowest BCUT2D eigenvalue weighted by Gasteiger charge is -2.01. The van der Waals surface area contributed by atoms with Crippen molar-refractivity contribution in [2.45, 2.75) is 20.4 Å². The van der Waals surface area contributed by atoms with Gasteiger partial charge in [-0.15, -0.1) is 10.2 Å². The Morgan fingerprint density at radius 3 is 2.82 bits per heavy atom. The minimum atomic E-state index is 0.604. The van der Waals surface area contributed by atoms with Crippen LogP contribution in [0, 0.1) is 13.8 Å². The van der Waals surface area contributed by atoms with Gasteiger partial charge < -0.3 is 8.98 Å². The van der Waals surface area contributed by atoms with E-state index in [0.29, 0.717) is 18.3 Å². The number of benzene rings is 1. The summed E-state index contributed by atoms with van der Waals surface area (Å²) in [7, 11) is 0. The second-order valence-electron chi connectivity index (χ2n) is 4.22. The first-order chi connectivity index (χ1) is 8.22. The highest BCUT2D eigenvalue weighted by atomic mass is 16.4. The summed E-state index contributed by atoms with van der Waals surface area (Å²) in [4.78, 5) is 0. The van der Waals surface area contributed by atoms with Gasteiger partial charge in [0, 0.05) is 18.6 Å². The number of hydrogen-bond donors (Lipinski definition) is 0. The van der Waals surface area contributed by atoms with Crippen molar-refractivity contribution < 1.29 is 4.42 Å². The molecule has 1 aromatic carbocycles. The molecule has 4 heteroatoms. The maximum absolute atomic E-state index is 5.39. The fourth-order valence-corrected chi connectivity index (χ4v) is 2.00. The van der Waals surface area contributed by atoms with Gasteiger partial charge in [-0.25, -0.2) is 0 Å². The zero-order chi connectivity index (χ0) is 11.8. The van der Waals surface area contributed by atoms with Crippen LogP contribution in [0.15, 0.2) is 34.9 Å². The van der Waals surface area contributed by atoms with Crippen molar-refractivity contribution in [1.82, 2.24) is 14.8 Å². The fraction of sp³-hybridized carbons (Fsp3) is 0.231. The summed E-state index contributed by atoms with van der Waals surface area (Å²) in [5, 5.41) is 9.08. The second kappa shape index (κ2) is 3.73. The highest BCUT2D eigenvalue weighted by Gasteiger charge is 2.06. The minimum Gasteiger partial charge on any atom is -0.424 e. The molecule has 0 fully saturated rings. The largest absolute Gasteiger partial charge is 0.424 e. The van der Waals surface area contributed by atoms with Crippen LogP contribution in [0.1, 0.15) is 17.3 Å². The molecule has 86 valence electrons. The molecule has 0 bridgehead atoms. The van der Waals surface area contributed by atoms with Gasteiger partial charge in [0.1, 0.15) is 6.54 Å². The molecule has 0 unspecified atom stereocenters. The van der Waals surface area contributed by atoms with Crippen LogP contribution in [-0.2, 0) is 6.54 Å². The maximum Gasteiger partial charge on any atom is 0.236 e. The highest BCUT2D eigenvalue weighted by molar-refractivity contribution is 5.80. The fourth-order valence-electron chi connectivity index (χ4n) is 2.00. The molecular formula is C13H13N3O. The van der Waals surface area contributed by atoms with Crippen LogP contribution in [0.3, 0.4) is 0 Å². The lowest BCUT2D eigenvalue weighted by Crippen LogP contribution is -1.98. The van der Waals surface area contributed by atoms with E-state index >= 15 is 0 Å². The average Bonchev–Trinajstić information content (AvgIpc) is 2.86. The Morgan fingerprint density at radius 1 is 1.18 bits per heavy atom. The molecule has 0 radical (unpaired) electrons. The third-order valence-electron chi connectivity index (χ3n) is 2.80. The van der Waals surface area contributed by atoms with Crippen LogP contribution in [0.4, 0.5) is 0 Å². The van der Waals surface area contributed by atoms with Crippen LogP contribution < -0.4 is 0 Å². The van der Waals surface area contributed by atoms with Crippen molar-refractivity contribution in [2.24, 2.45) is 0 Å². The molecule has 3 rings (SSSR count). The number of aryl methyl sites for hydroxylation is 2. The predicted molar refractivity (Wildman–Crippen MR) is 64.8 cm³/mol. The summed E-state index contributed by atoms with van der Waals surface area (Å²) in [6, 6.07) is 8.50. The van der Waals surface area contributed by atoms with Crippen LogP contribution in [0.5, 0.6) is 0 Å². The number of hydrogen-bond acceptors (Lipinski definition) is 3. The van der Waals surface area contributed by atoms with Crippen LogP contribution >= 0.6 is 0 Å². The van der Waals surface area contributed by atoms with Gasteiger partial charge >= 0.3 is 0 Å². The van der Waals surface area contributed by atoms with E-state index in [9.17, 15) is 0 Å². The molecule has 0 N–H and O–H groups in total. The van der Waals surface area contributed by atoms with Gasteiger partial charge in [-0.3, -0.25) is 0 Å². The van der Waals surface area contributed by atoms with Crippen molar-refractivity contribution in [2.75, 3.05) is 0 Å². The molecule has 0 spiro atoms. The molecule has 4 nitrogen and oxygen atoms in total. The minimum absolute atomic E-state index is 0.604. The Kier molecular flexibility index (Phi) is 2.21. The van der Waals surface area contributed by atoms with Gasteiger partial charge in [-0.2, -0.15) is 0 Å². The summed E-state index contributed by atoms with van der Waals surface area (Å²) in [5.41, 5.74) is 2.45. The van der Waals surface area contributed by atoms with Crippen LogP contribution in [-0.4, -0.2) is 14.8 Å². The Labute approximate surface area is 98.9 Å². The molecule has 0 aliphatic rings. The molecule has 0 aliphatic carbocycles. The van der Waals surface area contributed by atoms with Crippen molar-refractivity contribution >= 4 is 10.9 Å². The van der Waals surface area contributed by atoms with Gasteiger partial charge in [0.2, 0.25) is 11.8 Å². The van der Waals surface area contributed by atoms with Crippen LogP contribution in [0.25, 0.3) is 10.9 Å². The quantitative estimate of drug-likeness (QED) is 0.676. The smallest absolute Gasteiger partial charge is 0.236 e. The molecule has 17 heavy (non-hydrogen) atoms. The zero-order valence-electron chi connectivity index (χ0n) is 9.84. The van der Waals surface area contributed by atoms with E-state index in [0.717, 1.165) is 0 Å². The molecule has 2 aromatic heterocycles. The lowest BCUT2D eigenvalue weighted by molar-refractivity contribution is 0.457. The molecule has 0 amide bonds. The van der Waals surface area contributed by atoms with E-state index in [-0.39, 0.29) is 0 Å². The normalized spacial score (nSPS) is 11.2. The molecule has 0 atom stereocenters. The Morgan fingerprint density at radius 2 is 2.06 bits per heavy atom. The third-order valence-corrected chi connectivity index (χ3v) is 2.80. The summed E-state index contributed by atoms with van der Waals surface area (Å²) in [5.74, 6) is 1.24. The second-order valence-corrected chi connectivity index (χ2v) is 4.22. The number of rotatable bonds is 2. The summed E-state index contributed by atoms with van der Waals surface area (Å²) < 4.78 is 7.50. The first-order valence-electron chi connectivity index (χ1n) is 5.57. The Balaban J connectivity index is 2.00.